The Bertz CT molecular complexity index is 940. The third-order valence-corrected chi connectivity index (χ3v) is 5.58. The number of amides is 1. The first kappa shape index (κ1) is 19.9. The number of hydrogen-bond acceptors (Lipinski definition) is 6. The molecule has 0 atom stereocenters. The van der Waals surface area contributed by atoms with Gasteiger partial charge in [0.1, 0.15) is 16.6 Å². The van der Waals surface area contributed by atoms with Gasteiger partial charge in [0.25, 0.3) is 5.91 Å². The zero-order valence-electron chi connectivity index (χ0n) is 15.3. The van der Waals surface area contributed by atoms with Crippen molar-refractivity contribution in [1.29, 1.82) is 0 Å². The van der Waals surface area contributed by atoms with Crippen molar-refractivity contribution in [3.63, 3.8) is 0 Å². The fourth-order valence-corrected chi connectivity index (χ4v) is 3.93. The molecule has 1 N–H and O–H groups in total. The molecular formula is C20H18N2O4S2. The van der Waals surface area contributed by atoms with Crippen LogP contribution in [0.1, 0.15) is 5.56 Å². The Morgan fingerprint density at radius 3 is 2.29 bits per heavy atom. The van der Waals surface area contributed by atoms with Crippen LogP contribution in [0.4, 0.5) is 11.4 Å². The Labute approximate surface area is 172 Å². The molecule has 28 heavy (non-hydrogen) atoms. The Morgan fingerprint density at radius 1 is 1.18 bits per heavy atom. The summed E-state index contributed by atoms with van der Waals surface area (Å²) in [7, 11) is 3.60. The van der Waals surface area contributed by atoms with Gasteiger partial charge in [0.05, 0.1) is 12.0 Å². The third kappa shape index (κ3) is 4.35. The number of nitrogens with zero attached hydrogens (tertiary/aromatic N) is 2. The Hall–Kier alpha value is -2.84. The fraction of sp³-hybridized carbons (Fsp3) is 0.150. The van der Waals surface area contributed by atoms with Crippen molar-refractivity contribution in [3.8, 4) is 5.75 Å². The van der Waals surface area contributed by atoms with E-state index in [0.29, 0.717) is 4.91 Å². The molecule has 0 unspecified atom stereocenters. The molecule has 1 aliphatic heterocycles. The van der Waals surface area contributed by atoms with Gasteiger partial charge in [-0.2, -0.15) is 0 Å². The second-order valence-corrected chi connectivity index (χ2v) is 7.69. The number of carboxylic acid groups (broad SMARTS) is 1. The van der Waals surface area contributed by atoms with Gasteiger partial charge in [0, 0.05) is 18.4 Å². The molecule has 2 aromatic carbocycles. The van der Waals surface area contributed by atoms with Gasteiger partial charge in [0.15, 0.2) is 0 Å². The van der Waals surface area contributed by atoms with E-state index in [1.54, 1.807) is 13.2 Å². The number of thioether (sulfide) groups is 1. The van der Waals surface area contributed by atoms with Gasteiger partial charge in [-0.05, 0) is 48.0 Å². The fourth-order valence-electron chi connectivity index (χ4n) is 2.67. The number of carbonyl (C=O) groups is 2. The minimum Gasteiger partial charge on any atom is -0.497 e. The number of carbonyl (C=O) groups excluding carboxylic acids is 1. The van der Waals surface area contributed by atoms with Crippen LogP contribution in [-0.2, 0) is 9.59 Å². The molecule has 6 nitrogen and oxygen atoms in total. The van der Waals surface area contributed by atoms with Crippen LogP contribution >= 0.6 is 24.0 Å². The molecule has 0 aromatic heterocycles. The number of benzene rings is 2. The highest BCUT2D eigenvalue weighted by Gasteiger charge is 2.33. The van der Waals surface area contributed by atoms with E-state index >= 15 is 0 Å². The van der Waals surface area contributed by atoms with Gasteiger partial charge in [0.2, 0.25) is 0 Å². The van der Waals surface area contributed by atoms with Crippen LogP contribution in [0.2, 0.25) is 0 Å². The largest absolute Gasteiger partial charge is 0.497 e. The SMILES string of the molecule is COc1ccc(N(C)c2ccc(C=C3SC(=S)N(CC(=O)O)C3=O)cc2)cc1. The second-order valence-electron chi connectivity index (χ2n) is 6.01. The van der Waals surface area contributed by atoms with E-state index in [0.717, 1.165) is 39.3 Å². The average molecular weight is 415 g/mol. The first-order valence-corrected chi connectivity index (χ1v) is 9.56. The first-order chi connectivity index (χ1) is 13.4. The minimum atomic E-state index is -1.09. The lowest BCUT2D eigenvalue weighted by Gasteiger charge is -2.20. The monoisotopic (exact) mass is 414 g/mol. The Morgan fingerprint density at radius 2 is 1.75 bits per heavy atom. The van der Waals surface area contributed by atoms with E-state index in [9.17, 15) is 9.59 Å². The Kier molecular flexibility index (Phi) is 6.01. The van der Waals surface area contributed by atoms with Crippen molar-refractivity contribution < 1.29 is 19.4 Å². The zero-order valence-corrected chi connectivity index (χ0v) is 16.9. The summed E-state index contributed by atoms with van der Waals surface area (Å²) in [5.41, 5.74) is 2.84. The van der Waals surface area contributed by atoms with Crippen molar-refractivity contribution in [2.45, 2.75) is 0 Å². The van der Waals surface area contributed by atoms with Crippen molar-refractivity contribution in [1.82, 2.24) is 4.90 Å². The lowest BCUT2D eigenvalue weighted by Crippen LogP contribution is -2.33. The quantitative estimate of drug-likeness (QED) is 0.570. The molecule has 2 aromatic rings. The summed E-state index contributed by atoms with van der Waals surface area (Å²) in [5.74, 6) is -0.673. The van der Waals surface area contributed by atoms with Crippen LogP contribution in [-0.4, -0.2) is 46.9 Å². The van der Waals surface area contributed by atoms with Gasteiger partial charge >= 0.3 is 5.97 Å². The zero-order chi connectivity index (χ0) is 20.3. The number of rotatable bonds is 6. The Balaban J connectivity index is 1.75. The van der Waals surface area contributed by atoms with Gasteiger partial charge in [-0.25, -0.2) is 0 Å². The summed E-state index contributed by atoms with van der Waals surface area (Å²) in [6.07, 6.45) is 1.72. The second kappa shape index (κ2) is 8.45. The molecule has 3 rings (SSSR count). The maximum Gasteiger partial charge on any atom is 0.323 e. The average Bonchev–Trinajstić information content (AvgIpc) is 2.95. The van der Waals surface area contributed by atoms with E-state index < -0.39 is 12.5 Å². The van der Waals surface area contributed by atoms with Crippen LogP contribution in [0.25, 0.3) is 6.08 Å². The summed E-state index contributed by atoms with van der Waals surface area (Å²) < 4.78 is 5.44. The predicted octanol–water partition coefficient (Wildman–Crippen LogP) is 3.75. The molecule has 0 saturated carbocycles. The maximum absolute atomic E-state index is 12.3. The molecule has 1 fully saturated rings. The topological polar surface area (TPSA) is 70.1 Å². The first-order valence-electron chi connectivity index (χ1n) is 8.34. The molecule has 0 bridgehead atoms. The number of carboxylic acids is 1. The predicted molar refractivity (Wildman–Crippen MR) is 115 cm³/mol. The van der Waals surface area contributed by atoms with Crippen LogP contribution in [0, 0.1) is 0 Å². The molecule has 1 saturated heterocycles. The van der Waals surface area contributed by atoms with Gasteiger partial charge in [-0.3, -0.25) is 14.5 Å². The van der Waals surface area contributed by atoms with Crippen molar-refractivity contribution in [3.05, 3.63) is 59.0 Å². The van der Waals surface area contributed by atoms with E-state index in [-0.39, 0.29) is 10.2 Å². The highest BCUT2D eigenvalue weighted by atomic mass is 32.2. The highest BCUT2D eigenvalue weighted by molar-refractivity contribution is 8.26. The number of hydrogen-bond donors (Lipinski definition) is 1. The van der Waals surface area contributed by atoms with Gasteiger partial charge in [-0.15, -0.1) is 0 Å². The van der Waals surface area contributed by atoms with Crippen molar-refractivity contribution >= 4 is 57.6 Å². The van der Waals surface area contributed by atoms with Crippen LogP contribution in [0.3, 0.4) is 0 Å². The van der Waals surface area contributed by atoms with Crippen LogP contribution in [0.15, 0.2) is 53.4 Å². The van der Waals surface area contributed by atoms with Crippen LogP contribution < -0.4 is 9.64 Å². The summed E-state index contributed by atoms with van der Waals surface area (Å²) in [4.78, 5) is 26.8. The lowest BCUT2D eigenvalue weighted by atomic mass is 10.1. The normalized spacial score (nSPS) is 15.2. The van der Waals surface area contributed by atoms with Gasteiger partial charge < -0.3 is 14.7 Å². The number of methoxy groups -OCH3 is 1. The molecule has 144 valence electrons. The van der Waals surface area contributed by atoms with Crippen LogP contribution in [0.5, 0.6) is 5.75 Å². The summed E-state index contributed by atoms with van der Waals surface area (Å²) >= 11 is 6.22. The lowest BCUT2D eigenvalue weighted by molar-refractivity contribution is -0.140. The molecular weight excluding hydrogens is 396 g/mol. The molecule has 1 aliphatic rings. The summed E-state index contributed by atoms with van der Waals surface area (Å²) in [6, 6.07) is 15.5. The molecule has 1 heterocycles. The molecule has 0 spiro atoms. The molecule has 1 amide bonds. The smallest absolute Gasteiger partial charge is 0.323 e. The number of ether oxygens (including phenoxy) is 1. The highest BCUT2D eigenvalue weighted by Crippen LogP contribution is 2.33. The van der Waals surface area contributed by atoms with Crippen molar-refractivity contribution in [2.75, 3.05) is 25.6 Å². The summed E-state index contributed by atoms with van der Waals surface area (Å²) in [5, 5.41) is 8.90. The third-order valence-electron chi connectivity index (χ3n) is 4.20. The van der Waals surface area contributed by atoms with Gasteiger partial charge in [-0.1, -0.05) is 36.1 Å². The molecule has 0 radical (unpaired) electrons. The number of thiocarbonyl (C=S) groups is 1. The number of aliphatic carboxylic acids is 1. The maximum atomic E-state index is 12.3. The van der Waals surface area contributed by atoms with E-state index in [4.69, 9.17) is 22.1 Å². The van der Waals surface area contributed by atoms with Crippen molar-refractivity contribution in [2.24, 2.45) is 0 Å². The molecule has 0 aliphatic carbocycles. The van der Waals surface area contributed by atoms with E-state index in [2.05, 4.69) is 0 Å². The summed E-state index contributed by atoms with van der Waals surface area (Å²) in [6.45, 7) is -0.423. The molecule has 8 heteroatoms. The number of anilines is 2. The van der Waals surface area contributed by atoms with E-state index in [1.807, 2.05) is 60.5 Å². The standard InChI is InChI=1S/C20H18N2O4S2/c1-21(15-7-9-16(26-2)10-8-15)14-5-3-13(4-6-14)11-17-19(25)22(12-18(23)24)20(27)28-17/h3-11H,12H2,1-2H3,(H,23,24). The van der Waals surface area contributed by atoms with E-state index in [1.165, 1.54) is 0 Å². The minimum absolute atomic E-state index is 0.259.